The van der Waals surface area contributed by atoms with Gasteiger partial charge in [0.1, 0.15) is 10.8 Å². The van der Waals surface area contributed by atoms with Gasteiger partial charge < -0.3 is 9.12 Å². The molecule has 0 aliphatic carbocycles. The van der Waals surface area contributed by atoms with E-state index in [9.17, 15) is 26.5 Å². The normalized spacial score (nSPS) is 13.5. The predicted octanol–water partition coefficient (Wildman–Crippen LogP) is 4.49. The number of hydrogen-bond acceptors (Lipinski definition) is 5. The maximum Gasteiger partial charge on any atom is 0.418 e. The molecule has 0 saturated heterocycles. The standard InChI is InChI=1S/C16H13F5N4OS2/c1-3-28(26)11-4-8(16(19,20)21)6-23-13(11)14-24-9-5-12(27-15(17)18)22-7-10(9)25(14)2/h4-7,15H,3H2,1-2H3. The van der Waals surface area contributed by atoms with E-state index in [2.05, 4.69) is 15.0 Å². The number of rotatable bonds is 5. The fourth-order valence-corrected chi connectivity index (χ4v) is 3.94. The highest BCUT2D eigenvalue weighted by Gasteiger charge is 2.34. The third kappa shape index (κ3) is 4.08. The molecular weight excluding hydrogens is 423 g/mol. The van der Waals surface area contributed by atoms with Gasteiger partial charge in [-0.3, -0.25) is 0 Å². The Hall–Kier alpha value is -1.92. The average Bonchev–Trinajstić information content (AvgIpc) is 2.95. The van der Waals surface area contributed by atoms with Crippen molar-refractivity contribution in [3.8, 4) is 11.5 Å². The first kappa shape index (κ1) is 20.8. The van der Waals surface area contributed by atoms with E-state index in [1.54, 1.807) is 14.0 Å². The van der Waals surface area contributed by atoms with Crippen LogP contribution in [0.2, 0.25) is 0 Å². The van der Waals surface area contributed by atoms with E-state index >= 15 is 0 Å². The molecule has 3 aromatic heterocycles. The van der Waals surface area contributed by atoms with E-state index in [4.69, 9.17) is 0 Å². The molecular formula is C16H13F5N4OS2. The van der Waals surface area contributed by atoms with Gasteiger partial charge in [0.05, 0.1) is 22.8 Å². The molecule has 0 aliphatic heterocycles. The van der Waals surface area contributed by atoms with Crippen LogP contribution < -0.4 is 0 Å². The summed E-state index contributed by atoms with van der Waals surface area (Å²) in [6.45, 7) is 1.58. The Morgan fingerprint density at radius 2 is 1.93 bits per heavy atom. The minimum atomic E-state index is -4.63. The fourth-order valence-electron chi connectivity index (χ4n) is 2.53. The number of fused-ring (bicyclic) bond motifs is 1. The molecule has 150 valence electrons. The average molecular weight is 436 g/mol. The Kier molecular flexibility index (Phi) is 5.82. The number of aromatic nitrogens is 4. The Labute approximate surface area is 163 Å². The highest BCUT2D eigenvalue weighted by molar-refractivity contribution is 7.99. The maximum absolute atomic E-state index is 13.0. The first-order chi connectivity index (χ1) is 13.1. The van der Waals surface area contributed by atoms with Crippen molar-refractivity contribution in [3.05, 3.63) is 30.1 Å². The lowest BCUT2D eigenvalue weighted by Crippen LogP contribution is -2.13. The van der Waals surface area contributed by atoms with E-state index in [-0.39, 0.29) is 39.0 Å². The van der Waals surface area contributed by atoms with Crippen molar-refractivity contribution in [1.82, 2.24) is 19.5 Å². The van der Waals surface area contributed by atoms with Crippen LogP contribution in [0.4, 0.5) is 22.0 Å². The molecule has 3 heterocycles. The summed E-state index contributed by atoms with van der Waals surface area (Å²) in [4.78, 5) is 12.0. The lowest BCUT2D eigenvalue weighted by atomic mass is 10.2. The van der Waals surface area contributed by atoms with Crippen LogP contribution in [0.1, 0.15) is 12.5 Å². The van der Waals surface area contributed by atoms with Crippen LogP contribution in [0.3, 0.4) is 0 Å². The molecule has 5 nitrogen and oxygen atoms in total. The second kappa shape index (κ2) is 7.84. The summed E-state index contributed by atoms with van der Waals surface area (Å²) in [6, 6.07) is 2.16. The summed E-state index contributed by atoms with van der Waals surface area (Å²) < 4.78 is 78.1. The number of aryl methyl sites for hydroxylation is 1. The number of pyridine rings is 2. The highest BCUT2D eigenvalue weighted by Crippen LogP contribution is 2.35. The van der Waals surface area contributed by atoms with Gasteiger partial charge in [0, 0.05) is 19.3 Å². The molecule has 1 unspecified atom stereocenters. The largest absolute Gasteiger partial charge is 0.611 e. The molecule has 28 heavy (non-hydrogen) atoms. The van der Waals surface area contributed by atoms with Crippen LogP contribution in [0, 0.1) is 0 Å². The lowest BCUT2D eigenvalue weighted by Gasteiger charge is -2.14. The van der Waals surface area contributed by atoms with Crippen LogP contribution in [0.5, 0.6) is 0 Å². The minimum absolute atomic E-state index is 0.0370. The molecule has 12 heteroatoms. The molecule has 0 aromatic carbocycles. The van der Waals surface area contributed by atoms with Gasteiger partial charge in [0.2, 0.25) is 0 Å². The van der Waals surface area contributed by atoms with Crippen molar-refractivity contribution in [2.75, 3.05) is 5.75 Å². The number of thioether (sulfide) groups is 1. The Bertz CT molecular complexity index is 1010. The van der Waals surface area contributed by atoms with Gasteiger partial charge in [-0.25, -0.2) is 15.0 Å². The molecule has 3 aromatic rings. The minimum Gasteiger partial charge on any atom is -0.611 e. The number of hydrogen-bond donors (Lipinski definition) is 0. The molecule has 0 radical (unpaired) electrons. The molecule has 0 fully saturated rings. The molecule has 0 bridgehead atoms. The Balaban J connectivity index is 2.16. The number of imidazole rings is 1. The van der Waals surface area contributed by atoms with Crippen molar-refractivity contribution >= 4 is 34.0 Å². The first-order valence-corrected chi connectivity index (χ1v) is 10.0. The summed E-state index contributed by atoms with van der Waals surface area (Å²) in [6.07, 6.45) is -2.63. The van der Waals surface area contributed by atoms with Gasteiger partial charge in [-0.05, 0) is 35.9 Å². The molecule has 0 spiro atoms. The summed E-state index contributed by atoms with van der Waals surface area (Å²) in [5.41, 5.74) is -0.173. The number of halogens is 5. The third-order valence-corrected chi connectivity index (χ3v) is 5.82. The van der Waals surface area contributed by atoms with E-state index in [0.29, 0.717) is 17.2 Å². The second-order valence-corrected chi connectivity index (χ2v) is 8.31. The van der Waals surface area contributed by atoms with Crippen LogP contribution in [-0.2, 0) is 24.4 Å². The zero-order valence-electron chi connectivity index (χ0n) is 14.5. The van der Waals surface area contributed by atoms with Gasteiger partial charge in [0.25, 0.3) is 5.76 Å². The van der Waals surface area contributed by atoms with Gasteiger partial charge in [-0.15, -0.1) is 0 Å². The van der Waals surface area contributed by atoms with E-state index < -0.39 is 28.7 Å². The summed E-state index contributed by atoms with van der Waals surface area (Å²) in [5.74, 6) is -2.39. The van der Waals surface area contributed by atoms with Crippen molar-refractivity contribution < 1.29 is 26.5 Å². The smallest absolute Gasteiger partial charge is 0.418 e. The Morgan fingerprint density at radius 3 is 2.54 bits per heavy atom. The van der Waals surface area contributed by atoms with Gasteiger partial charge >= 0.3 is 6.18 Å². The van der Waals surface area contributed by atoms with E-state index in [0.717, 1.165) is 6.07 Å². The number of nitrogens with zero attached hydrogens (tertiary/aromatic N) is 4. The van der Waals surface area contributed by atoms with Crippen molar-refractivity contribution in [3.63, 3.8) is 0 Å². The second-order valence-electron chi connectivity index (χ2n) is 5.59. The quantitative estimate of drug-likeness (QED) is 0.335. The van der Waals surface area contributed by atoms with Crippen molar-refractivity contribution in [2.45, 2.75) is 28.8 Å². The molecule has 3 rings (SSSR count). The zero-order valence-corrected chi connectivity index (χ0v) is 16.1. The zero-order chi connectivity index (χ0) is 20.6. The fraction of sp³-hybridized carbons (Fsp3) is 0.312. The maximum atomic E-state index is 13.0. The van der Waals surface area contributed by atoms with Gasteiger partial charge in [-0.1, -0.05) is 0 Å². The van der Waals surface area contributed by atoms with Gasteiger partial charge in [-0.2, -0.15) is 22.0 Å². The van der Waals surface area contributed by atoms with Crippen molar-refractivity contribution in [1.29, 1.82) is 0 Å². The van der Waals surface area contributed by atoms with Crippen LogP contribution in [0.15, 0.2) is 34.4 Å². The monoisotopic (exact) mass is 436 g/mol. The van der Waals surface area contributed by atoms with Crippen LogP contribution in [-0.4, -0.2) is 35.6 Å². The van der Waals surface area contributed by atoms with E-state index in [1.807, 2.05) is 0 Å². The SMILES string of the molecule is CC[S+]([O-])c1cc(C(F)(F)F)cnc1-c1nc2cc(SC(F)F)ncc2n1C. The van der Waals surface area contributed by atoms with Crippen molar-refractivity contribution in [2.24, 2.45) is 7.05 Å². The lowest BCUT2D eigenvalue weighted by molar-refractivity contribution is -0.138. The van der Waals surface area contributed by atoms with Crippen LogP contribution in [0.25, 0.3) is 22.6 Å². The number of alkyl halides is 5. The summed E-state index contributed by atoms with van der Waals surface area (Å²) in [5, 5.41) is 0.0601. The molecule has 1 atom stereocenters. The summed E-state index contributed by atoms with van der Waals surface area (Å²) >= 11 is -1.47. The van der Waals surface area contributed by atoms with Crippen LogP contribution >= 0.6 is 11.8 Å². The molecule has 0 saturated carbocycles. The third-order valence-electron chi connectivity index (χ3n) is 3.85. The Morgan fingerprint density at radius 1 is 1.21 bits per heavy atom. The van der Waals surface area contributed by atoms with Gasteiger partial charge in [0.15, 0.2) is 16.4 Å². The predicted molar refractivity (Wildman–Crippen MR) is 95.6 cm³/mol. The van der Waals surface area contributed by atoms with E-state index in [1.165, 1.54) is 16.8 Å². The molecule has 0 aliphatic rings. The first-order valence-electron chi connectivity index (χ1n) is 7.85. The topological polar surface area (TPSA) is 66.7 Å². The molecule has 0 amide bonds. The highest BCUT2D eigenvalue weighted by atomic mass is 32.2. The summed E-state index contributed by atoms with van der Waals surface area (Å²) in [7, 11) is 1.59. The molecule has 0 N–H and O–H groups in total.